The molecule has 0 bridgehead atoms. The molecular weight excluding hydrogens is 674 g/mol. The highest BCUT2D eigenvalue weighted by Crippen LogP contribution is 2.37. The summed E-state index contributed by atoms with van der Waals surface area (Å²) in [5, 5.41) is 3.19. The zero-order valence-electron chi connectivity index (χ0n) is 24.2. The monoisotopic (exact) mass is 703 g/mol. The fourth-order valence-electron chi connectivity index (χ4n) is 5.10. The van der Waals surface area contributed by atoms with Crippen LogP contribution in [0.25, 0.3) is 0 Å². The zero-order valence-corrected chi connectivity index (χ0v) is 27.2. The quantitative estimate of drug-likeness (QED) is 0.234. The van der Waals surface area contributed by atoms with Crippen molar-refractivity contribution in [3.05, 3.63) is 92.9 Å². The van der Waals surface area contributed by atoms with E-state index in [2.05, 4.69) is 5.32 Å². The Morgan fingerprint density at radius 2 is 1.60 bits per heavy atom. The molecule has 3 aromatic rings. The second-order valence-corrected chi connectivity index (χ2v) is 13.9. The highest BCUT2D eigenvalue weighted by Gasteiger charge is 2.37. The second-order valence-electron chi connectivity index (χ2n) is 10.8. The molecule has 0 aliphatic heterocycles. The maximum atomic E-state index is 14.1. The van der Waals surface area contributed by atoms with Crippen molar-refractivity contribution in [2.24, 2.45) is 0 Å². The third-order valence-corrected chi connectivity index (χ3v) is 10.3. The van der Waals surface area contributed by atoms with E-state index in [9.17, 15) is 31.2 Å². The lowest BCUT2D eigenvalue weighted by molar-refractivity contribution is -0.139. The van der Waals surface area contributed by atoms with E-state index in [1.807, 2.05) is 0 Å². The summed E-state index contributed by atoms with van der Waals surface area (Å²) in [5.74, 6) is -1.34. The number of sulfonamides is 1. The summed E-state index contributed by atoms with van der Waals surface area (Å²) in [7, 11) is -4.63. The molecule has 1 atom stereocenters. The average molecular weight is 705 g/mol. The first-order chi connectivity index (χ1) is 21.2. The first-order valence-corrected chi connectivity index (χ1v) is 16.7. The molecule has 2 amide bonds. The van der Waals surface area contributed by atoms with Crippen molar-refractivity contribution < 1.29 is 31.2 Å². The van der Waals surface area contributed by atoms with Crippen molar-refractivity contribution >= 4 is 62.3 Å². The van der Waals surface area contributed by atoms with Crippen molar-refractivity contribution in [2.45, 2.75) is 68.7 Å². The average Bonchev–Trinajstić information content (AvgIpc) is 2.99. The fraction of sp³-hybridized carbons (Fsp3) is 0.355. The number of amides is 2. The van der Waals surface area contributed by atoms with Gasteiger partial charge in [-0.15, -0.1) is 0 Å². The Balaban J connectivity index is 1.76. The van der Waals surface area contributed by atoms with Crippen LogP contribution in [-0.4, -0.2) is 43.8 Å². The summed E-state index contributed by atoms with van der Waals surface area (Å²) < 4.78 is 69.5. The number of hydrogen-bond donors (Lipinski definition) is 1. The Morgan fingerprint density at radius 1 is 0.933 bits per heavy atom. The van der Waals surface area contributed by atoms with E-state index in [0.29, 0.717) is 27.0 Å². The Kier molecular flexibility index (Phi) is 11.3. The van der Waals surface area contributed by atoms with Gasteiger partial charge in [0.25, 0.3) is 10.0 Å². The van der Waals surface area contributed by atoms with E-state index in [4.69, 9.17) is 34.8 Å². The molecule has 0 saturated heterocycles. The van der Waals surface area contributed by atoms with Gasteiger partial charge in [-0.2, -0.15) is 13.2 Å². The maximum absolute atomic E-state index is 14.1. The van der Waals surface area contributed by atoms with E-state index < -0.39 is 51.9 Å². The van der Waals surface area contributed by atoms with E-state index in [0.717, 1.165) is 43.1 Å². The van der Waals surface area contributed by atoms with E-state index >= 15 is 0 Å². The number of anilines is 1. The van der Waals surface area contributed by atoms with Gasteiger partial charge in [-0.25, -0.2) is 8.42 Å². The first kappa shape index (κ1) is 34.9. The molecule has 0 radical (unpaired) electrons. The van der Waals surface area contributed by atoms with Crippen molar-refractivity contribution in [1.29, 1.82) is 0 Å². The van der Waals surface area contributed by atoms with Gasteiger partial charge in [0.05, 0.1) is 21.2 Å². The van der Waals surface area contributed by atoms with Crippen LogP contribution in [0.5, 0.6) is 0 Å². The summed E-state index contributed by atoms with van der Waals surface area (Å²) in [4.78, 5) is 28.4. The lowest BCUT2D eigenvalue weighted by atomic mass is 9.95. The largest absolute Gasteiger partial charge is 0.416 e. The number of alkyl halides is 3. The van der Waals surface area contributed by atoms with Crippen LogP contribution in [0.15, 0.2) is 71.6 Å². The molecule has 0 unspecified atom stereocenters. The predicted molar refractivity (Wildman–Crippen MR) is 169 cm³/mol. The molecule has 1 saturated carbocycles. The normalized spacial score (nSPS) is 14.9. The Bertz CT molecular complexity index is 1640. The molecule has 7 nitrogen and oxygen atoms in total. The number of nitrogens with one attached hydrogen (secondary N) is 1. The zero-order chi connectivity index (χ0) is 32.9. The molecule has 1 aliphatic rings. The Hall–Kier alpha value is -2.99. The van der Waals surface area contributed by atoms with Gasteiger partial charge in [0.1, 0.15) is 12.6 Å². The molecule has 14 heteroatoms. The smallest absolute Gasteiger partial charge is 0.352 e. The highest BCUT2D eigenvalue weighted by atomic mass is 35.5. The number of hydrogen-bond acceptors (Lipinski definition) is 4. The van der Waals surface area contributed by atoms with Crippen molar-refractivity contribution in [2.75, 3.05) is 10.8 Å². The fourth-order valence-corrected chi connectivity index (χ4v) is 7.28. The SMILES string of the molecule is C[C@H](C(=O)NC1CCCCC1)N(Cc1ccc(Cl)cc1Cl)C(=O)CN(c1cc(C(F)(F)F)ccc1Cl)S(=O)(=O)c1ccccc1. The molecule has 1 aliphatic carbocycles. The lowest BCUT2D eigenvalue weighted by Crippen LogP contribution is -2.53. The summed E-state index contributed by atoms with van der Waals surface area (Å²) in [5.41, 5.74) is -1.29. The van der Waals surface area contributed by atoms with Crippen LogP contribution in [0.2, 0.25) is 15.1 Å². The summed E-state index contributed by atoms with van der Waals surface area (Å²) >= 11 is 18.7. The Morgan fingerprint density at radius 3 is 2.22 bits per heavy atom. The maximum Gasteiger partial charge on any atom is 0.416 e. The predicted octanol–water partition coefficient (Wildman–Crippen LogP) is 7.73. The summed E-state index contributed by atoms with van der Waals surface area (Å²) in [6, 6.07) is 12.5. The minimum atomic E-state index is -4.82. The van der Waals surface area contributed by atoms with E-state index in [-0.39, 0.29) is 27.5 Å². The molecule has 4 rings (SSSR count). The topological polar surface area (TPSA) is 86.8 Å². The van der Waals surface area contributed by atoms with Gasteiger partial charge in [-0.05, 0) is 67.8 Å². The van der Waals surface area contributed by atoms with Crippen LogP contribution in [-0.2, 0) is 32.3 Å². The number of nitrogens with zero attached hydrogens (tertiary/aromatic N) is 2. The number of rotatable bonds is 10. The molecule has 3 aromatic carbocycles. The number of carbonyl (C=O) groups is 2. The molecule has 0 aromatic heterocycles. The molecule has 45 heavy (non-hydrogen) atoms. The van der Waals surface area contributed by atoms with E-state index in [1.165, 1.54) is 37.3 Å². The van der Waals surface area contributed by atoms with Crippen LogP contribution in [0.3, 0.4) is 0 Å². The Labute approximate surface area is 275 Å². The van der Waals surface area contributed by atoms with Gasteiger partial charge >= 0.3 is 6.18 Å². The van der Waals surface area contributed by atoms with Gasteiger partial charge < -0.3 is 10.2 Å². The van der Waals surface area contributed by atoms with Gasteiger partial charge in [-0.3, -0.25) is 13.9 Å². The molecule has 0 spiro atoms. The van der Waals surface area contributed by atoms with Crippen LogP contribution in [0.4, 0.5) is 18.9 Å². The minimum Gasteiger partial charge on any atom is -0.352 e. The van der Waals surface area contributed by atoms with E-state index in [1.54, 1.807) is 18.2 Å². The van der Waals surface area contributed by atoms with Gasteiger partial charge in [-0.1, -0.05) is 78.3 Å². The highest BCUT2D eigenvalue weighted by molar-refractivity contribution is 7.92. The van der Waals surface area contributed by atoms with Crippen LogP contribution >= 0.6 is 34.8 Å². The summed E-state index contributed by atoms with van der Waals surface area (Å²) in [6.07, 6.45) is -0.294. The molecule has 242 valence electrons. The molecular formula is C31H31Cl3F3N3O4S. The third-order valence-electron chi connectivity index (χ3n) is 7.63. The number of benzene rings is 3. The molecule has 0 heterocycles. The molecule has 1 N–H and O–H groups in total. The van der Waals surface area contributed by atoms with Crippen molar-refractivity contribution in [1.82, 2.24) is 10.2 Å². The van der Waals surface area contributed by atoms with Crippen LogP contribution in [0, 0.1) is 0 Å². The van der Waals surface area contributed by atoms with Gasteiger partial charge in [0, 0.05) is 22.6 Å². The second kappa shape index (κ2) is 14.6. The van der Waals surface area contributed by atoms with Gasteiger partial charge in [0.2, 0.25) is 11.8 Å². The third kappa shape index (κ3) is 8.64. The molecule has 1 fully saturated rings. The first-order valence-electron chi connectivity index (χ1n) is 14.2. The van der Waals surface area contributed by atoms with Crippen LogP contribution < -0.4 is 9.62 Å². The lowest BCUT2D eigenvalue weighted by Gasteiger charge is -2.33. The number of carbonyl (C=O) groups excluding carboxylic acids is 2. The van der Waals surface area contributed by atoms with Crippen molar-refractivity contribution in [3.8, 4) is 0 Å². The standard InChI is InChI=1S/C31H31Cl3F3N3O4S/c1-20(30(42)38-24-8-4-2-5-9-24)39(18-21-12-14-23(32)17-27(21)34)29(41)19-40(45(43,44)25-10-6-3-7-11-25)28-16-22(31(35,36)37)13-15-26(28)33/h3,6-7,10-17,20,24H,2,4-5,8-9,18-19H2,1H3,(H,38,42)/t20-/m1/s1. The van der Waals surface area contributed by atoms with Crippen molar-refractivity contribution in [3.63, 3.8) is 0 Å². The minimum absolute atomic E-state index is 0.0800. The summed E-state index contributed by atoms with van der Waals surface area (Å²) in [6.45, 7) is 0.307. The van der Waals surface area contributed by atoms with Crippen LogP contribution in [0.1, 0.15) is 50.2 Å². The van der Waals surface area contributed by atoms with Gasteiger partial charge in [0.15, 0.2) is 0 Å². The number of halogens is 6.